The van der Waals surface area contributed by atoms with Gasteiger partial charge in [-0.2, -0.15) is 0 Å². The largest absolute Gasteiger partial charge is 0.368 e. The van der Waals surface area contributed by atoms with E-state index in [0.717, 1.165) is 61.2 Å². The van der Waals surface area contributed by atoms with Gasteiger partial charge >= 0.3 is 0 Å². The molecule has 164 valence electrons. The van der Waals surface area contributed by atoms with Gasteiger partial charge in [-0.15, -0.1) is 11.3 Å². The lowest BCUT2D eigenvalue weighted by molar-refractivity contribution is 0.624. The van der Waals surface area contributed by atoms with Gasteiger partial charge in [-0.05, 0) is 55.7 Å². The summed E-state index contributed by atoms with van der Waals surface area (Å²) in [6.45, 7) is 7.89. The zero-order chi connectivity index (χ0) is 22.1. The first kappa shape index (κ1) is 20.9. The maximum absolute atomic E-state index is 13.3. The summed E-state index contributed by atoms with van der Waals surface area (Å²) in [6, 6.07) is 17.3. The van der Waals surface area contributed by atoms with Crippen LogP contribution in [0.1, 0.15) is 21.8 Å². The zero-order valence-electron chi connectivity index (χ0n) is 18.5. The van der Waals surface area contributed by atoms with Crippen molar-refractivity contribution in [1.29, 1.82) is 0 Å². The van der Waals surface area contributed by atoms with Gasteiger partial charge in [0.1, 0.15) is 22.3 Å². The molecule has 0 unspecified atom stereocenters. The third-order valence-electron chi connectivity index (χ3n) is 6.31. The lowest BCUT2D eigenvalue weighted by Gasteiger charge is -2.37. The maximum Gasteiger partial charge on any atom is 0.141 e. The summed E-state index contributed by atoms with van der Waals surface area (Å²) in [5.41, 5.74) is 3.67. The first-order valence-electron chi connectivity index (χ1n) is 11.1. The van der Waals surface area contributed by atoms with Crippen molar-refractivity contribution in [3.63, 3.8) is 0 Å². The van der Waals surface area contributed by atoms with Gasteiger partial charge in [-0.1, -0.05) is 30.3 Å². The van der Waals surface area contributed by atoms with Crippen molar-refractivity contribution in [2.45, 2.75) is 26.7 Å². The molecule has 0 saturated carbocycles. The van der Waals surface area contributed by atoms with Crippen LogP contribution in [-0.2, 0) is 12.8 Å². The Morgan fingerprint density at radius 3 is 2.25 bits per heavy atom. The highest BCUT2D eigenvalue weighted by Gasteiger charge is 2.23. The highest BCUT2D eigenvalue weighted by molar-refractivity contribution is 7.18. The van der Waals surface area contributed by atoms with Crippen LogP contribution in [0.25, 0.3) is 10.2 Å². The maximum atomic E-state index is 13.3. The summed E-state index contributed by atoms with van der Waals surface area (Å²) in [6.07, 6.45) is 1.77. The van der Waals surface area contributed by atoms with Gasteiger partial charge in [-0.3, -0.25) is 0 Å². The molecule has 3 heterocycles. The topological polar surface area (TPSA) is 32.3 Å². The number of nitrogens with zero attached hydrogens (tertiary/aromatic N) is 4. The number of rotatable bonds is 5. The average molecular weight is 447 g/mol. The van der Waals surface area contributed by atoms with E-state index in [1.165, 1.54) is 33.5 Å². The fraction of sp³-hybridized carbons (Fsp3) is 0.308. The number of hydrogen-bond acceptors (Lipinski definition) is 5. The monoisotopic (exact) mass is 446 g/mol. The molecule has 0 N–H and O–H groups in total. The minimum absolute atomic E-state index is 0.193. The van der Waals surface area contributed by atoms with Crippen LogP contribution in [0, 0.1) is 19.7 Å². The van der Waals surface area contributed by atoms with Crippen LogP contribution < -0.4 is 9.80 Å². The Bertz CT molecular complexity index is 1210. The quantitative estimate of drug-likeness (QED) is 0.402. The van der Waals surface area contributed by atoms with Crippen molar-refractivity contribution in [2.75, 3.05) is 36.0 Å². The van der Waals surface area contributed by atoms with E-state index in [-0.39, 0.29) is 5.82 Å². The van der Waals surface area contributed by atoms with E-state index >= 15 is 0 Å². The molecule has 0 spiro atoms. The fourth-order valence-electron chi connectivity index (χ4n) is 4.34. The Morgan fingerprint density at radius 2 is 1.53 bits per heavy atom. The van der Waals surface area contributed by atoms with Gasteiger partial charge < -0.3 is 9.80 Å². The molecular weight excluding hydrogens is 419 g/mol. The lowest BCUT2D eigenvalue weighted by Crippen LogP contribution is -2.47. The molecule has 5 rings (SSSR count). The number of anilines is 2. The molecule has 6 heteroatoms. The van der Waals surface area contributed by atoms with E-state index < -0.39 is 0 Å². The Balaban J connectivity index is 1.40. The predicted octanol–water partition coefficient (Wildman–Crippen LogP) is 5.56. The van der Waals surface area contributed by atoms with Crippen molar-refractivity contribution >= 4 is 33.1 Å². The molecule has 1 saturated heterocycles. The number of hydrogen-bond donors (Lipinski definition) is 0. The molecule has 32 heavy (non-hydrogen) atoms. The number of piperazine rings is 1. The van der Waals surface area contributed by atoms with Gasteiger partial charge in [0.05, 0.1) is 5.39 Å². The number of fused-ring (bicyclic) bond motifs is 1. The normalized spacial score (nSPS) is 14.3. The summed E-state index contributed by atoms with van der Waals surface area (Å²) in [5, 5.41) is 1.20. The number of aryl methyl sites for hydroxylation is 4. The molecule has 2 aromatic carbocycles. The van der Waals surface area contributed by atoms with E-state index in [1.807, 2.05) is 18.2 Å². The highest BCUT2D eigenvalue weighted by atomic mass is 32.1. The van der Waals surface area contributed by atoms with Crippen molar-refractivity contribution in [1.82, 2.24) is 9.97 Å². The zero-order valence-corrected chi connectivity index (χ0v) is 19.3. The molecule has 0 aliphatic carbocycles. The second-order valence-corrected chi connectivity index (χ2v) is 9.57. The van der Waals surface area contributed by atoms with Gasteiger partial charge in [0, 0.05) is 43.2 Å². The van der Waals surface area contributed by atoms with Gasteiger partial charge in [0.25, 0.3) is 0 Å². The van der Waals surface area contributed by atoms with Gasteiger partial charge in [-0.25, -0.2) is 14.4 Å². The van der Waals surface area contributed by atoms with Crippen molar-refractivity contribution in [2.24, 2.45) is 0 Å². The van der Waals surface area contributed by atoms with Crippen LogP contribution in [0.2, 0.25) is 0 Å². The first-order chi connectivity index (χ1) is 15.6. The molecule has 4 nitrogen and oxygen atoms in total. The molecule has 1 aliphatic heterocycles. The van der Waals surface area contributed by atoms with Crippen LogP contribution in [0.4, 0.5) is 15.9 Å². The molecule has 2 aromatic heterocycles. The second kappa shape index (κ2) is 8.87. The van der Waals surface area contributed by atoms with E-state index in [2.05, 4.69) is 47.9 Å². The average Bonchev–Trinajstić information content (AvgIpc) is 3.12. The molecule has 0 atom stereocenters. The second-order valence-electron chi connectivity index (χ2n) is 8.36. The van der Waals surface area contributed by atoms with Crippen LogP contribution in [0.3, 0.4) is 0 Å². The first-order valence-corrected chi connectivity index (χ1v) is 12.0. The van der Waals surface area contributed by atoms with Gasteiger partial charge in [0.2, 0.25) is 0 Å². The SMILES string of the molecule is Cc1sc2nc(CCc3ccccc3)nc(N3CCN(c4ccc(F)cc4)CC3)c2c1C. The molecular formula is C26H27FN4S. The summed E-state index contributed by atoms with van der Waals surface area (Å²) < 4.78 is 13.3. The summed E-state index contributed by atoms with van der Waals surface area (Å²) in [4.78, 5) is 17.1. The van der Waals surface area contributed by atoms with Crippen LogP contribution >= 0.6 is 11.3 Å². The van der Waals surface area contributed by atoms with Crippen molar-refractivity contribution < 1.29 is 4.39 Å². The van der Waals surface area contributed by atoms with E-state index in [9.17, 15) is 4.39 Å². The predicted molar refractivity (Wildman–Crippen MR) is 132 cm³/mol. The molecule has 0 bridgehead atoms. The van der Waals surface area contributed by atoms with E-state index in [4.69, 9.17) is 9.97 Å². The van der Waals surface area contributed by atoms with Gasteiger partial charge in [0.15, 0.2) is 0 Å². The van der Waals surface area contributed by atoms with Crippen LogP contribution in [0.15, 0.2) is 54.6 Å². The van der Waals surface area contributed by atoms with E-state index in [0.29, 0.717) is 0 Å². The number of aromatic nitrogens is 2. The summed E-state index contributed by atoms with van der Waals surface area (Å²) in [5.74, 6) is 1.79. The molecule has 4 aromatic rings. The summed E-state index contributed by atoms with van der Waals surface area (Å²) >= 11 is 1.77. The molecule has 0 radical (unpaired) electrons. The third-order valence-corrected chi connectivity index (χ3v) is 7.41. The number of thiophene rings is 1. The Hall–Kier alpha value is -2.99. The van der Waals surface area contributed by atoms with Crippen LogP contribution in [0.5, 0.6) is 0 Å². The van der Waals surface area contributed by atoms with E-state index in [1.54, 1.807) is 11.3 Å². The Labute approximate surface area is 192 Å². The van der Waals surface area contributed by atoms with Crippen molar-refractivity contribution in [3.05, 3.63) is 82.2 Å². The lowest BCUT2D eigenvalue weighted by atomic mass is 10.1. The highest BCUT2D eigenvalue weighted by Crippen LogP contribution is 2.35. The standard InChI is InChI=1S/C26H27FN4S/c1-18-19(2)32-26-24(18)25(28-23(29-26)13-8-20-6-4-3-5-7-20)31-16-14-30(15-17-31)22-11-9-21(27)10-12-22/h3-7,9-12H,8,13-17H2,1-2H3. The smallest absolute Gasteiger partial charge is 0.141 e. The number of halogens is 1. The third kappa shape index (κ3) is 4.19. The van der Waals surface area contributed by atoms with Crippen molar-refractivity contribution in [3.8, 4) is 0 Å². The Morgan fingerprint density at radius 1 is 0.844 bits per heavy atom. The Kier molecular flexibility index (Phi) is 5.79. The number of benzene rings is 2. The molecule has 1 fully saturated rings. The van der Waals surface area contributed by atoms with Crippen LogP contribution in [-0.4, -0.2) is 36.1 Å². The minimum Gasteiger partial charge on any atom is -0.368 e. The molecule has 1 aliphatic rings. The summed E-state index contributed by atoms with van der Waals surface area (Å²) in [7, 11) is 0. The minimum atomic E-state index is -0.193. The molecule has 0 amide bonds. The fourth-order valence-corrected chi connectivity index (χ4v) is 5.38.